The number of tetrazole rings is 1. The van der Waals surface area contributed by atoms with Crippen molar-refractivity contribution in [3.05, 3.63) is 117 Å². The smallest absolute Gasteiger partial charge is 0.244 e. The molecule has 3 heterocycles. The van der Waals surface area contributed by atoms with Gasteiger partial charge in [0.05, 0.1) is 18.2 Å². The van der Waals surface area contributed by atoms with E-state index in [9.17, 15) is 9.59 Å². The summed E-state index contributed by atoms with van der Waals surface area (Å²) >= 11 is 12.8. The van der Waals surface area contributed by atoms with Crippen molar-refractivity contribution in [2.24, 2.45) is 0 Å². The molecule has 0 bridgehead atoms. The van der Waals surface area contributed by atoms with Gasteiger partial charge < -0.3 is 15.2 Å². The number of H-pyrrole nitrogens is 1. The van der Waals surface area contributed by atoms with Gasteiger partial charge >= 0.3 is 0 Å². The maximum atomic E-state index is 13.5. The Morgan fingerprint density at radius 1 is 1.05 bits per heavy atom. The molecule has 0 radical (unpaired) electrons. The van der Waals surface area contributed by atoms with Crippen molar-refractivity contribution in [2.45, 2.75) is 32.5 Å². The van der Waals surface area contributed by atoms with Crippen LogP contribution >= 0.6 is 23.2 Å². The SMILES string of the molecule is Cc1ccc(-c2nc([C@H](CC(=O)N3Cc4ccccc4C3)NC(=O)/C=C/c3cc(Cl)ccc3-n3cnnn3)[nH]c2Cl)cc1. The van der Waals surface area contributed by atoms with E-state index in [1.807, 2.05) is 55.5 Å². The van der Waals surface area contributed by atoms with Crippen LogP contribution in [0.4, 0.5) is 0 Å². The molecule has 0 aliphatic carbocycles. The normalized spacial score (nSPS) is 13.3. The number of rotatable bonds is 8. The van der Waals surface area contributed by atoms with E-state index in [0.29, 0.717) is 46.0 Å². The summed E-state index contributed by atoms with van der Waals surface area (Å²) in [7, 11) is 0. The number of hydrogen-bond acceptors (Lipinski definition) is 6. The number of nitrogens with one attached hydrogen (secondary N) is 2. The fourth-order valence-electron chi connectivity index (χ4n) is 4.99. The molecule has 0 unspecified atom stereocenters. The number of aromatic amines is 1. The summed E-state index contributed by atoms with van der Waals surface area (Å²) in [6.07, 6.45) is 4.41. The van der Waals surface area contributed by atoms with Crippen LogP contribution in [-0.2, 0) is 22.7 Å². The number of aryl methyl sites for hydroxylation is 1. The highest BCUT2D eigenvalue weighted by Crippen LogP contribution is 2.30. The van der Waals surface area contributed by atoms with Gasteiger partial charge in [-0.05, 0) is 52.8 Å². The van der Waals surface area contributed by atoms with Crippen LogP contribution in [0, 0.1) is 6.92 Å². The molecule has 216 valence electrons. The molecular formula is C31H26Cl2N8O2. The fourth-order valence-corrected chi connectivity index (χ4v) is 5.42. The highest BCUT2D eigenvalue weighted by atomic mass is 35.5. The first-order valence-corrected chi connectivity index (χ1v) is 14.3. The van der Waals surface area contributed by atoms with E-state index >= 15 is 0 Å². The minimum atomic E-state index is -0.775. The molecule has 12 heteroatoms. The molecule has 2 amide bonds. The molecule has 10 nitrogen and oxygen atoms in total. The van der Waals surface area contributed by atoms with Crippen molar-refractivity contribution in [1.82, 2.24) is 40.4 Å². The number of aromatic nitrogens is 6. The Kier molecular flexibility index (Phi) is 8.04. The quantitative estimate of drug-likeness (QED) is 0.224. The van der Waals surface area contributed by atoms with Crippen LogP contribution in [0.3, 0.4) is 0 Å². The van der Waals surface area contributed by atoms with Crippen molar-refractivity contribution in [1.29, 1.82) is 0 Å². The lowest BCUT2D eigenvalue weighted by Crippen LogP contribution is -2.34. The highest BCUT2D eigenvalue weighted by molar-refractivity contribution is 6.32. The topological polar surface area (TPSA) is 122 Å². The number of nitrogens with zero attached hydrogens (tertiary/aromatic N) is 6. The summed E-state index contributed by atoms with van der Waals surface area (Å²) in [6.45, 7) is 3.02. The van der Waals surface area contributed by atoms with Gasteiger partial charge in [0, 0.05) is 35.3 Å². The number of hydrogen-bond donors (Lipinski definition) is 2. The first-order chi connectivity index (χ1) is 20.8. The van der Waals surface area contributed by atoms with Gasteiger partial charge in [-0.15, -0.1) is 5.10 Å². The molecule has 0 saturated heterocycles. The van der Waals surface area contributed by atoms with Crippen LogP contribution in [0.2, 0.25) is 10.2 Å². The van der Waals surface area contributed by atoms with Crippen LogP contribution < -0.4 is 5.32 Å². The number of imidazole rings is 1. The third-order valence-electron chi connectivity index (χ3n) is 7.22. The van der Waals surface area contributed by atoms with Crippen molar-refractivity contribution < 1.29 is 9.59 Å². The van der Waals surface area contributed by atoms with Gasteiger partial charge in [0.1, 0.15) is 23.0 Å². The standard InChI is InChI=1S/C31H26Cl2N8O2/c1-19-6-8-20(9-7-19)29-30(33)37-31(36-29)25(15-28(43)40-16-22-4-2-3-5-23(22)17-40)35-27(42)13-10-21-14-24(32)11-12-26(21)41-18-34-38-39-41/h2-14,18,25H,15-17H2,1H3,(H,35,42)(H,36,37)/b13-10+/t25-/m0/s1. The number of halogens is 2. The Morgan fingerprint density at radius 2 is 1.79 bits per heavy atom. The lowest BCUT2D eigenvalue weighted by molar-refractivity contribution is -0.132. The molecule has 2 aromatic heterocycles. The van der Waals surface area contributed by atoms with E-state index in [0.717, 1.165) is 22.3 Å². The van der Waals surface area contributed by atoms with E-state index in [4.69, 9.17) is 28.2 Å². The lowest BCUT2D eigenvalue weighted by atomic mass is 10.1. The van der Waals surface area contributed by atoms with Crippen molar-refractivity contribution in [3.63, 3.8) is 0 Å². The van der Waals surface area contributed by atoms with E-state index in [-0.39, 0.29) is 12.3 Å². The Labute approximate surface area is 257 Å². The summed E-state index contributed by atoms with van der Waals surface area (Å²) in [5.74, 6) is -0.176. The number of amides is 2. The molecule has 1 aliphatic heterocycles. The highest BCUT2D eigenvalue weighted by Gasteiger charge is 2.28. The lowest BCUT2D eigenvalue weighted by Gasteiger charge is -2.20. The van der Waals surface area contributed by atoms with E-state index in [1.54, 1.807) is 29.2 Å². The van der Waals surface area contributed by atoms with Gasteiger partial charge in [-0.2, -0.15) is 4.68 Å². The summed E-state index contributed by atoms with van der Waals surface area (Å²) in [5.41, 5.74) is 5.95. The Hall–Kier alpha value is -4.80. The zero-order chi connectivity index (χ0) is 29.9. The van der Waals surface area contributed by atoms with Crippen molar-refractivity contribution in [3.8, 4) is 16.9 Å². The van der Waals surface area contributed by atoms with E-state index in [1.165, 1.54) is 17.1 Å². The third kappa shape index (κ3) is 6.35. The maximum absolute atomic E-state index is 13.5. The van der Waals surface area contributed by atoms with Gasteiger partial charge in [-0.3, -0.25) is 9.59 Å². The second-order valence-corrected chi connectivity index (χ2v) is 11.0. The van der Waals surface area contributed by atoms with Crippen LogP contribution in [0.25, 0.3) is 23.0 Å². The molecule has 5 aromatic rings. The first kappa shape index (κ1) is 28.3. The molecule has 2 N–H and O–H groups in total. The monoisotopic (exact) mass is 612 g/mol. The molecule has 0 fully saturated rings. The number of carbonyl (C=O) groups is 2. The average Bonchev–Trinajstić information content (AvgIpc) is 3.76. The Morgan fingerprint density at radius 3 is 2.49 bits per heavy atom. The van der Waals surface area contributed by atoms with Gasteiger partial charge in [0.25, 0.3) is 0 Å². The maximum Gasteiger partial charge on any atom is 0.244 e. The van der Waals surface area contributed by atoms with E-state index < -0.39 is 11.9 Å². The molecular weight excluding hydrogens is 587 g/mol. The van der Waals surface area contributed by atoms with Crippen LogP contribution in [0.5, 0.6) is 0 Å². The Balaban J connectivity index is 1.26. The van der Waals surface area contributed by atoms with E-state index in [2.05, 4.69) is 25.8 Å². The summed E-state index contributed by atoms with van der Waals surface area (Å²) in [4.78, 5) is 36.4. The van der Waals surface area contributed by atoms with Crippen molar-refractivity contribution in [2.75, 3.05) is 0 Å². The molecule has 6 rings (SSSR count). The molecule has 1 aliphatic rings. The van der Waals surface area contributed by atoms with Crippen LogP contribution in [0.15, 0.2) is 79.1 Å². The van der Waals surface area contributed by atoms with Gasteiger partial charge in [0.15, 0.2) is 0 Å². The fraction of sp³-hybridized carbons (Fsp3) is 0.161. The van der Waals surface area contributed by atoms with Gasteiger partial charge in [0.2, 0.25) is 11.8 Å². The van der Waals surface area contributed by atoms with Gasteiger partial charge in [-0.1, -0.05) is 77.3 Å². The van der Waals surface area contributed by atoms with Crippen molar-refractivity contribution >= 4 is 41.1 Å². The second-order valence-electron chi connectivity index (χ2n) is 10.2. The molecule has 1 atom stereocenters. The third-order valence-corrected chi connectivity index (χ3v) is 7.73. The molecule has 43 heavy (non-hydrogen) atoms. The molecule has 0 spiro atoms. The summed E-state index contributed by atoms with van der Waals surface area (Å²) in [5, 5.41) is 15.0. The summed E-state index contributed by atoms with van der Waals surface area (Å²) < 4.78 is 1.47. The van der Waals surface area contributed by atoms with Crippen LogP contribution in [0.1, 0.15) is 40.5 Å². The van der Waals surface area contributed by atoms with Gasteiger partial charge in [-0.25, -0.2) is 4.98 Å². The minimum absolute atomic E-state index is 0.0161. The number of benzene rings is 3. The predicted molar refractivity (Wildman–Crippen MR) is 163 cm³/mol. The largest absolute Gasteiger partial charge is 0.342 e. The van der Waals surface area contributed by atoms with Crippen LogP contribution in [-0.4, -0.2) is 46.9 Å². The second kappa shape index (κ2) is 12.2. The number of fused-ring (bicyclic) bond motifs is 1. The molecule has 0 saturated carbocycles. The predicted octanol–water partition coefficient (Wildman–Crippen LogP) is 5.47. The first-order valence-electron chi connectivity index (χ1n) is 13.5. The summed E-state index contributed by atoms with van der Waals surface area (Å²) in [6, 6.07) is 20.2. The average molecular weight is 614 g/mol. The zero-order valence-corrected chi connectivity index (χ0v) is 24.5. The Bertz CT molecular complexity index is 1790. The molecule has 3 aromatic carbocycles. The zero-order valence-electron chi connectivity index (χ0n) is 23.0. The minimum Gasteiger partial charge on any atom is -0.342 e. The number of carbonyl (C=O) groups excluding carboxylic acids is 2.